The van der Waals surface area contributed by atoms with Gasteiger partial charge >= 0.3 is 5.97 Å². The van der Waals surface area contributed by atoms with Gasteiger partial charge in [-0.25, -0.2) is 0 Å². The van der Waals surface area contributed by atoms with Crippen LogP contribution < -0.4 is 4.74 Å². The maximum absolute atomic E-state index is 11.5. The highest BCUT2D eigenvalue weighted by Crippen LogP contribution is 2.25. The van der Waals surface area contributed by atoms with Crippen LogP contribution in [0.15, 0.2) is 18.2 Å². The van der Waals surface area contributed by atoms with E-state index < -0.39 is 5.97 Å². The highest BCUT2D eigenvalue weighted by atomic mass is 35.5. The number of rotatable bonds is 4. The predicted molar refractivity (Wildman–Crippen MR) is 59.0 cm³/mol. The summed E-state index contributed by atoms with van der Waals surface area (Å²) in [6.07, 6.45) is 0. The highest BCUT2D eigenvalue weighted by molar-refractivity contribution is 6.32. The Morgan fingerprint density at radius 3 is 2.56 bits per heavy atom. The van der Waals surface area contributed by atoms with Gasteiger partial charge in [0.25, 0.3) is 0 Å². The van der Waals surface area contributed by atoms with Crippen molar-refractivity contribution in [3.8, 4) is 5.75 Å². The Morgan fingerprint density at radius 2 is 2.06 bits per heavy atom. The van der Waals surface area contributed by atoms with Crippen LogP contribution >= 0.6 is 11.6 Å². The monoisotopic (exact) mass is 242 g/mol. The van der Waals surface area contributed by atoms with Crippen molar-refractivity contribution in [2.24, 2.45) is 0 Å². The lowest BCUT2D eigenvalue weighted by Crippen LogP contribution is -2.11. The Hall–Kier alpha value is -1.55. The summed E-state index contributed by atoms with van der Waals surface area (Å²) < 4.78 is 9.54. The summed E-state index contributed by atoms with van der Waals surface area (Å²) in [6.45, 7) is 0.965. The van der Waals surface area contributed by atoms with Crippen molar-refractivity contribution >= 4 is 23.4 Å². The van der Waals surface area contributed by atoms with E-state index >= 15 is 0 Å². The molecule has 16 heavy (non-hydrogen) atoms. The molecular weight excluding hydrogens is 232 g/mol. The third kappa shape index (κ3) is 3.24. The van der Waals surface area contributed by atoms with Gasteiger partial charge in [0.15, 0.2) is 12.4 Å². The summed E-state index contributed by atoms with van der Waals surface area (Å²) in [7, 11) is 1.49. The molecule has 0 aliphatic rings. The van der Waals surface area contributed by atoms with E-state index in [0.717, 1.165) is 0 Å². The van der Waals surface area contributed by atoms with Crippen molar-refractivity contribution in [2.45, 2.75) is 6.92 Å². The fraction of sp³-hybridized carbons (Fsp3) is 0.273. The standard InChI is InChI=1S/C11H11ClO4/c1-7(13)16-6-10(14)8-3-4-11(15-2)9(12)5-8/h3-5H,6H2,1-2H3. The molecule has 0 amide bonds. The van der Waals surface area contributed by atoms with Crippen LogP contribution in [0.3, 0.4) is 0 Å². The molecule has 0 unspecified atom stereocenters. The molecule has 0 fully saturated rings. The van der Waals surface area contributed by atoms with E-state index in [0.29, 0.717) is 16.3 Å². The topological polar surface area (TPSA) is 52.6 Å². The van der Waals surface area contributed by atoms with Crippen molar-refractivity contribution in [3.63, 3.8) is 0 Å². The van der Waals surface area contributed by atoms with E-state index in [1.165, 1.54) is 20.1 Å². The van der Waals surface area contributed by atoms with Gasteiger partial charge in [-0.1, -0.05) is 11.6 Å². The number of ketones is 1. The average Bonchev–Trinajstić information content (AvgIpc) is 2.25. The maximum Gasteiger partial charge on any atom is 0.303 e. The van der Waals surface area contributed by atoms with E-state index in [1.807, 2.05) is 0 Å². The molecule has 0 atom stereocenters. The molecular formula is C11H11ClO4. The lowest BCUT2D eigenvalue weighted by molar-refractivity contribution is -0.139. The van der Waals surface area contributed by atoms with Crippen molar-refractivity contribution in [1.82, 2.24) is 0 Å². The number of esters is 1. The molecule has 0 N–H and O–H groups in total. The predicted octanol–water partition coefficient (Wildman–Crippen LogP) is 2.09. The number of hydrogen-bond acceptors (Lipinski definition) is 4. The average molecular weight is 243 g/mol. The second kappa shape index (κ2) is 5.51. The van der Waals surface area contributed by atoms with Crippen molar-refractivity contribution in [1.29, 1.82) is 0 Å². The van der Waals surface area contributed by atoms with E-state index in [2.05, 4.69) is 4.74 Å². The largest absolute Gasteiger partial charge is 0.495 e. The van der Waals surface area contributed by atoms with Crippen LogP contribution in [0.4, 0.5) is 0 Å². The van der Waals surface area contributed by atoms with Crippen LogP contribution in [0.5, 0.6) is 5.75 Å². The van der Waals surface area contributed by atoms with Gasteiger partial charge in [-0.3, -0.25) is 9.59 Å². The molecule has 4 nitrogen and oxygen atoms in total. The molecule has 1 rings (SSSR count). The van der Waals surface area contributed by atoms with Crippen molar-refractivity contribution < 1.29 is 19.1 Å². The Balaban J connectivity index is 2.77. The van der Waals surface area contributed by atoms with E-state index in [1.54, 1.807) is 12.1 Å². The van der Waals surface area contributed by atoms with Crippen LogP contribution in [0, 0.1) is 0 Å². The van der Waals surface area contributed by atoms with Gasteiger partial charge < -0.3 is 9.47 Å². The molecule has 0 saturated carbocycles. The number of benzene rings is 1. The number of ether oxygens (including phenoxy) is 2. The summed E-state index contributed by atoms with van der Waals surface area (Å²) >= 11 is 5.85. The second-order valence-corrected chi connectivity index (χ2v) is 3.46. The van der Waals surface area contributed by atoms with Crippen LogP contribution in [0.2, 0.25) is 5.02 Å². The summed E-state index contributed by atoms with van der Waals surface area (Å²) in [5, 5.41) is 0.344. The molecule has 0 radical (unpaired) electrons. The Kier molecular flexibility index (Phi) is 4.31. The third-order valence-electron chi connectivity index (χ3n) is 1.88. The molecule has 1 aromatic rings. The first-order chi connectivity index (χ1) is 7.54. The number of Topliss-reactive ketones (excluding diaryl/α,β-unsaturated/α-hetero) is 1. The first-order valence-corrected chi connectivity index (χ1v) is 4.92. The van der Waals surface area contributed by atoms with Gasteiger partial charge in [-0.05, 0) is 18.2 Å². The minimum atomic E-state index is -0.493. The molecule has 0 heterocycles. The van der Waals surface area contributed by atoms with Crippen LogP contribution in [-0.4, -0.2) is 25.5 Å². The fourth-order valence-corrected chi connectivity index (χ4v) is 1.35. The van der Waals surface area contributed by atoms with Crippen LogP contribution in [0.25, 0.3) is 0 Å². The molecule has 0 aliphatic heterocycles. The zero-order valence-corrected chi connectivity index (χ0v) is 9.71. The zero-order chi connectivity index (χ0) is 12.1. The van der Waals surface area contributed by atoms with Gasteiger partial charge in [-0.15, -0.1) is 0 Å². The SMILES string of the molecule is COc1ccc(C(=O)COC(C)=O)cc1Cl. The zero-order valence-electron chi connectivity index (χ0n) is 8.95. The summed E-state index contributed by atoms with van der Waals surface area (Å²) in [5.74, 6) is -0.307. The number of halogens is 1. The van der Waals surface area contributed by atoms with Crippen LogP contribution in [0.1, 0.15) is 17.3 Å². The number of methoxy groups -OCH3 is 1. The van der Waals surface area contributed by atoms with Crippen molar-refractivity contribution in [3.05, 3.63) is 28.8 Å². The molecule has 0 bridgehead atoms. The Morgan fingerprint density at radius 1 is 1.38 bits per heavy atom. The van der Waals surface area contributed by atoms with E-state index in [4.69, 9.17) is 16.3 Å². The van der Waals surface area contributed by atoms with Gasteiger partial charge in [0.2, 0.25) is 0 Å². The summed E-state index contributed by atoms with van der Waals surface area (Å²) in [6, 6.07) is 4.63. The Bertz CT molecular complexity index is 414. The number of carbonyl (C=O) groups excluding carboxylic acids is 2. The number of hydrogen-bond donors (Lipinski definition) is 0. The first kappa shape index (κ1) is 12.5. The van der Waals surface area contributed by atoms with Gasteiger partial charge in [0, 0.05) is 12.5 Å². The first-order valence-electron chi connectivity index (χ1n) is 4.54. The lowest BCUT2D eigenvalue weighted by atomic mass is 10.1. The molecule has 0 saturated heterocycles. The molecule has 0 aromatic heterocycles. The maximum atomic E-state index is 11.5. The highest BCUT2D eigenvalue weighted by Gasteiger charge is 2.10. The summed E-state index contributed by atoms with van der Waals surface area (Å²) in [5.41, 5.74) is 0.382. The molecule has 86 valence electrons. The molecule has 0 aliphatic carbocycles. The fourth-order valence-electron chi connectivity index (χ4n) is 1.09. The second-order valence-electron chi connectivity index (χ2n) is 3.05. The van der Waals surface area contributed by atoms with Gasteiger partial charge in [-0.2, -0.15) is 0 Å². The minimum Gasteiger partial charge on any atom is -0.495 e. The minimum absolute atomic E-state index is 0.280. The molecule has 5 heteroatoms. The van der Waals surface area contributed by atoms with E-state index in [9.17, 15) is 9.59 Å². The molecule has 0 spiro atoms. The normalized spacial score (nSPS) is 9.69. The van der Waals surface area contributed by atoms with Crippen molar-refractivity contribution in [2.75, 3.05) is 13.7 Å². The van der Waals surface area contributed by atoms with Crippen LogP contribution in [-0.2, 0) is 9.53 Å². The van der Waals surface area contributed by atoms with Gasteiger partial charge in [0.05, 0.1) is 12.1 Å². The van der Waals surface area contributed by atoms with E-state index in [-0.39, 0.29) is 12.4 Å². The summed E-state index contributed by atoms with van der Waals surface area (Å²) in [4.78, 5) is 22.1. The smallest absolute Gasteiger partial charge is 0.303 e. The Labute approximate surface area is 98.1 Å². The lowest BCUT2D eigenvalue weighted by Gasteiger charge is -2.05. The quantitative estimate of drug-likeness (QED) is 0.599. The third-order valence-corrected chi connectivity index (χ3v) is 2.18. The molecule has 1 aromatic carbocycles. The number of carbonyl (C=O) groups is 2. The van der Waals surface area contributed by atoms with Gasteiger partial charge in [0.1, 0.15) is 5.75 Å².